The van der Waals surface area contributed by atoms with Crippen molar-refractivity contribution in [3.63, 3.8) is 0 Å². The second-order valence-electron chi connectivity index (χ2n) is 11.7. The molecule has 0 radical (unpaired) electrons. The van der Waals surface area contributed by atoms with Gasteiger partial charge in [0.2, 0.25) is 0 Å². The molecule has 0 spiro atoms. The molecule has 4 rings (SSSR count). The topological polar surface area (TPSA) is 21.7 Å². The second-order valence-corrected chi connectivity index (χ2v) is 11.7. The van der Waals surface area contributed by atoms with Crippen LogP contribution in [0.1, 0.15) is 145 Å². The minimum atomic E-state index is 0.419. The van der Waals surface area contributed by atoms with E-state index in [4.69, 9.17) is 5.21 Å². The second kappa shape index (κ2) is 10.7. The fraction of sp³-hybridized carbons (Fsp3) is 0.562. The van der Waals surface area contributed by atoms with Gasteiger partial charge in [-0.05, 0) is 36.5 Å². The van der Waals surface area contributed by atoms with Crippen molar-refractivity contribution in [3.05, 3.63) is 70.5 Å². The average molecular weight is 472 g/mol. The summed E-state index contributed by atoms with van der Waals surface area (Å²) in [6.45, 7) is 18.3. The molecule has 0 unspecified atom stereocenters. The zero-order valence-corrected chi connectivity index (χ0v) is 23.2. The Balaban J connectivity index is 2.04. The zero-order valence-electron chi connectivity index (χ0n) is 23.2. The Kier molecular flexibility index (Phi) is 7.83. The van der Waals surface area contributed by atoms with Gasteiger partial charge < -0.3 is 0 Å². The third kappa shape index (κ3) is 5.10. The Bertz CT molecular complexity index is 1090. The van der Waals surface area contributed by atoms with Crippen LogP contribution in [0.25, 0.3) is 11.4 Å². The summed E-state index contributed by atoms with van der Waals surface area (Å²) in [6, 6.07) is 13.6. The molecule has 3 aromatic rings. The van der Waals surface area contributed by atoms with Crippen molar-refractivity contribution < 1.29 is 4.68 Å². The Hall–Kier alpha value is -2.42. The third-order valence-corrected chi connectivity index (χ3v) is 7.73. The van der Waals surface area contributed by atoms with E-state index in [0.717, 1.165) is 0 Å². The van der Waals surface area contributed by atoms with Crippen molar-refractivity contribution in [2.75, 3.05) is 0 Å². The van der Waals surface area contributed by atoms with Crippen LogP contribution in [-0.4, -0.2) is 9.90 Å². The molecule has 1 saturated carbocycles. The van der Waals surface area contributed by atoms with Crippen LogP contribution in [-0.2, 0) is 0 Å². The van der Waals surface area contributed by atoms with E-state index in [-0.39, 0.29) is 0 Å². The van der Waals surface area contributed by atoms with E-state index in [1.807, 2.05) is 0 Å². The van der Waals surface area contributed by atoms with Crippen LogP contribution in [0.15, 0.2) is 36.4 Å². The molecule has 1 aliphatic carbocycles. The van der Waals surface area contributed by atoms with Gasteiger partial charge in [0.15, 0.2) is 5.69 Å². The SMILES string of the molecule is CC(C)c1cccc(C(C)C)c1-n1n[n+](-c2c(C(C)C)cccc2C(C)C)[c-]c1C1CCCCC1. The van der Waals surface area contributed by atoms with Crippen LogP contribution in [0.2, 0.25) is 0 Å². The monoisotopic (exact) mass is 471 g/mol. The fourth-order valence-electron chi connectivity index (χ4n) is 5.73. The van der Waals surface area contributed by atoms with Crippen LogP contribution >= 0.6 is 0 Å². The predicted octanol–water partition coefficient (Wildman–Crippen LogP) is 8.49. The molecule has 0 N–H and O–H groups in total. The highest BCUT2D eigenvalue weighted by Gasteiger charge is 2.29. The van der Waals surface area contributed by atoms with Gasteiger partial charge in [0, 0.05) is 28.9 Å². The summed E-state index contributed by atoms with van der Waals surface area (Å²) in [5.41, 5.74) is 9.20. The molecule has 0 saturated heterocycles. The number of rotatable bonds is 7. The van der Waals surface area contributed by atoms with Gasteiger partial charge >= 0.3 is 0 Å². The molecule has 1 aromatic heterocycles. The minimum Gasteiger partial charge on any atom is -0.263 e. The Labute approximate surface area is 213 Å². The highest BCUT2D eigenvalue weighted by molar-refractivity contribution is 5.51. The highest BCUT2D eigenvalue weighted by Crippen LogP contribution is 2.37. The molecule has 188 valence electrons. The molecular weight excluding hydrogens is 426 g/mol. The first-order chi connectivity index (χ1) is 16.7. The van der Waals surface area contributed by atoms with Crippen molar-refractivity contribution in [2.45, 2.75) is 117 Å². The lowest BCUT2D eigenvalue weighted by molar-refractivity contribution is -0.666. The van der Waals surface area contributed by atoms with Crippen LogP contribution in [0.3, 0.4) is 0 Å². The summed E-state index contributed by atoms with van der Waals surface area (Å²) in [5, 5.41) is 5.38. The van der Waals surface area contributed by atoms with Gasteiger partial charge in [0.25, 0.3) is 0 Å². The molecule has 35 heavy (non-hydrogen) atoms. The van der Waals surface area contributed by atoms with Crippen LogP contribution in [0, 0.1) is 6.20 Å². The van der Waals surface area contributed by atoms with E-state index in [1.165, 1.54) is 71.4 Å². The standard InChI is InChI=1S/C32H45N3/c1-21(2)26-16-12-17-27(22(3)4)31(26)34-20-30(25-14-10-9-11-15-25)35(33-34)32-28(23(5)6)18-13-19-29(32)24(7)8/h12-13,16-19,21-25H,9-11,14-15H2,1-8H3. The molecule has 0 aliphatic heterocycles. The summed E-state index contributed by atoms with van der Waals surface area (Å²) >= 11 is 0. The summed E-state index contributed by atoms with van der Waals surface area (Å²) in [7, 11) is 0. The highest BCUT2D eigenvalue weighted by atomic mass is 15.5. The van der Waals surface area contributed by atoms with E-state index in [9.17, 15) is 0 Å². The largest absolute Gasteiger partial charge is 0.263 e. The van der Waals surface area contributed by atoms with Crippen molar-refractivity contribution >= 4 is 0 Å². The molecular formula is C32H45N3. The van der Waals surface area contributed by atoms with E-state index < -0.39 is 0 Å². The molecule has 3 nitrogen and oxygen atoms in total. The molecule has 0 bridgehead atoms. The molecule has 2 aromatic carbocycles. The third-order valence-electron chi connectivity index (χ3n) is 7.73. The number of aromatic nitrogens is 3. The number of hydrogen-bond donors (Lipinski definition) is 0. The lowest BCUT2D eigenvalue weighted by Gasteiger charge is -2.23. The minimum absolute atomic E-state index is 0.419. The van der Waals surface area contributed by atoms with Gasteiger partial charge in [-0.15, -0.1) is 4.68 Å². The summed E-state index contributed by atoms with van der Waals surface area (Å²) in [6.07, 6.45) is 10.3. The summed E-state index contributed by atoms with van der Waals surface area (Å²) < 4.78 is 4.40. The van der Waals surface area contributed by atoms with Crippen molar-refractivity contribution in [2.24, 2.45) is 0 Å². The van der Waals surface area contributed by atoms with Gasteiger partial charge in [0.1, 0.15) is 0 Å². The number of nitrogens with zero attached hydrogens (tertiary/aromatic N) is 3. The first-order valence-electron chi connectivity index (χ1n) is 13.9. The molecule has 0 atom stereocenters. The van der Waals surface area contributed by atoms with Gasteiger partial charge in [-0.1, -0.05) is 122 Å². The first kappa shape index (κ1) is 25.7. The maximum atomic E-state index is 5.38. The van der Waals surface area contributed by atoms with Crippen molar-refractivity contribution in [1.29, 1.82) is 0 Å². The maximum absolute atomic E-state index is 5.38. The summed E-state index contributed by atoms with van der Waals surface area (Å²) in [4.78, 5) is 0. The number of hydrogen-bond acceptors (Lipinski definition) is 1. The van der Waals surface area contributed by atoms with Crippen molar-refractivity contribution in [1.82, 2.24) is 9.90 Å². The zero-order chi connectivity index (χ0) is 25.3. The Morgan fingerprint density at radius 3 is 1.63 bits per heavy atom. The maximum Gasteiger partial charge on any atom is 0.160 e. The normalized spacial score (nSPS) is 15.2. The van der Waals surface area contributed by atoms with Gasteiger partial charge in [-0.2, -0.15) is 0 Å². The fourth-order valence-corrected chi connectivity index (χ4v) is 5.73. The van der Waals surface area contributed by atoms with E-state index in [2.05, 4.69) is 107 Å². The molecule has 0 amide bonds. The molecule has 3 heteroatoms. The van der Waals surface area contributed by atoms with Gasteiger partial charge in [0.05, 0.1) is 10.9 Å². The van der Waals surface area contributed by atoms with Crippen LogP contribution in [0.5, 0.6) is 0 Å². The van der Waals surface area contributed by atoms with Gasteiger partial charge in [-0.3, -0.25) is 4.68 Å². The molecule has 1 heterocycles. The Morgan fingerprint density at radius 2 is 1.17 bits per heavy atom. The van der Waals surface area contributed by atoms with Gasteiger partial charge in [-0.25, -0.2) is 0 Å². The first-order valence-corrected chi connectivity index (χ1v) is 13.9. The summed E-state index contributed by atoms with van der Waals surface area (Å²) in [5.74, 6) is 2.19. The number of benzene rings is 2. The van der Waals surface area contributed by atoms with Crippen molar-refractivity contribution in [3.8, 4) is 11.4 Å². The lowest BCUT2D eigenvalue weighted by Crippen LogP contribution is -2.37. The Morgan fingerprint density at radius 1 is 0.714 bits per heavy atom. The smallest absolute Gasteiger partial charge is 0.160 e. The van der Waals surface area contributed by atoms with Crippen LogP contribution in [0.4, 0.5) is 0 Å². The number of para-hydroxylation sites is 2. The average Bonchev–Trinajstić information content (AvgIpc) is 3.28. The molecule has 1 aliphatic rings. The van der Waals surface area contributed by atoms with E-state index in [1.54, 1.807) is 0 Å². The van der Waals surface area contributed by atoms with E-state index >= 15 is 0 Å². The lowest BCUT2D eigenvalue weighted by atomic mass is 9.86. The molecule has 1 fully saturated rings. The quantitative estimate of drug-likeness (QED) is 0.250. The predicted molar refractivity (Wildman–Crippen MR) is 146 cm³/mol. The van der Waals surface area contributed by atoms with Crippen LogP contribution < -0.4 is 4.68 Å². The van der Waals surface area contributed by atoms with E-state index in [0.29, 0.717) is 29.6 Å².